The number of methoxy groups -OCH3 is 3. The monoisotopic (exact) mass is 371 g/mol. The summed E-state index contributed by atoms with van der Waals surface area (Å²) in [7, 11) is 4.70. The van der Waals surface area contributed by atoms with Gasteiger partial charge in [-0.05, 0) is 31.4 Å². The van der Waals surface area contributed by atoms with E-state index in [4.69, 9.17) is 14.2 Å². The second kappa shape index (κ2) is 8.62. The van der Waals surface area contributed by atoms with Crippen LogP contribution in [0.2, 0.25) is 0 Å². The lowest BCUT2D eigenvalue weighted by molar-refractivity contribution is 0.0724. The minimum Gasteiger partial charge on any atom is -0.493 e. The number of likely N-dealkylation sites (tertiary alicyclic amines) is 1. The highest BCUT2D eigenvalue weighted by molar-refractivity contribution is 5.94. The molecule has 0 radical (unpaired) electrons. The second-order valence-electron chi connectivity index (χ2n) is 6.32. The Balaban J connectivity index is 1.75. The van der Waals surface area contributed by atoms with Gasteiger partial charge in [-0.25, -0.2) is 4.98 Å². The normalized spacial score (nSPS) is 13.8. The first kappa shape index (κ1) is 18.8. The lowest BCUT2D eigenvalue weighted by Crippen LogP contribution is -2.35. The number of piperidine rings is 1. The van der Waals surface area contributed by atoms with Crippen molar-refractivity contribution in [3.63, 3.8) is 0 Å². The van der Waals surface area contributed by atoms with Crippen LogP contribution in [0.1, 0.15) is 29.6 Å². The number of carbonyl (C=O) groups is 1. The number of rotatable bonds is 6. The number of amides is 1. The first-order valence-corrected chi connectivity index (χ1v) is 8.98. The fourth-order valence-electron chi connectivity index (χ4n) is 3.18. The van der Waals surface area contributed by atoms with E-state index >= 15 is 0 Å². The molecule has 27 heavy (non-hydrogen) atoms. The molecule has 2 aromatic rings. The summed E-state index contributed by atoms with van der Waals surface area (Å²) in [4.78, 5) is 18.8. The number of benzene rings is 1. The topological polar surface area (TPSA) is 72.9 Å². The average Bonchev–Trinajstić information content (AvgIpc) is 2.73. The minimum absolute atomic E-state index is 0.0431. The summed E-state index contributed by atoms with van der Waals surface area (Å²) in [6.07, 6.45) is 4.94. The standard InChI is InChI=1S/C20H25N3O4/c1-25-16-11-15(12-17(26-2)19(16)27-3)22-18-8-7-14(13-21-18)20(24)23-9-5-4-6-10-23/h7-8,11-13H,4-6,9-10H2,1-3H3,(H,21,22). The van der Waals surface area contributed by atoms with E-state index in [-0.39, 0.29) is 5.91 Å². The number of aromatic nitrogens is 1. The Hall–Kier alpha value is -2.96. The van der Waals surface area contributed by atoms with Crippen LogP contribution in [0.25, 0.3) is 0 Å². The van der Waals surface area contributed by atoms with Gasteiger partial charge in [0.2, 0.25) is 5.75 Å². The molecule has 1 aromatic heterocycles. The van der Waals surface area contributed by atoms with E-state index < -0.39 is 0 Å². The van der Waals surface area contributed by atoms with Gasteiger partial charge in [0.25, 0.3) is 5.91 Å². The molecule has 1 amide bonds. The van der Waals surface area contributed by atoms with E-state index in [1.54, 1.807) is 51.8 Å². The molecule has 7 nitrogen and oxygen atoms in total. The molecule has 1 aliphatic rings. The van der Waals surface area contributed by atoms with Crippen molar-refractivity contribution in [3.05, 3.63) is 36.0 Å². The molecule has 3 rings (SSSR count). The number of nitrogens with zero attached hydrogens (tertiary/aromatic N) is 2. The van der Waals surface area contributed by atoms with Crippen molar-refractivity contribution in [1.82, 2.24) is 9.88 Å². The smallest absolute Gasteiger partial charge is 0.255 e. The van der Waals surface area contributed by atoms with E-state index in [1.165, 1.54) is 6.42 Å². The van der Waals surface area contributed by atoms with Crippen molar-refractivity contribution in [1.29, 1.82) is 0 Å². The SMILES string of the molecule is COc1cc(Nc2ccc(C(=O)N3CCCCC3)cn2)cc(OC)c1OC. The summed E-state index contributed by atoms with van der Waals surface area (Å²) in [5, 5.41) is 3.20. The predicted octanol–water partition coefficient (Wildman–Crippen LogP) is 3.48. The van der Waals surface area contributed by atoms with Crippen molar-refractivity contribution >= 4 is 17.4 Å². The van der Waals surface area contributed by atoms with E-state index in [1.807, 2.05) is 4.90 Å². The largest absolute Gasteiger partial charge is 0.493 e. The van der Waals surface area contributed by atoms with Gasteiger partial charge in [0, 0.05) is 37.1 Å². The summed E-state index contributed by atoms with van der Waals surface area (Å²) < 4.78 is 16.0. The number of hydrogen-bond donors (Lipinski definition) is 1. The molecule has 0 aliphatic carbocycles. The summed E-state index contributed by atoms with van der Waals surface area (Å²) in [5.74, 6) is 2.30. The zero-order chi connectivity index (χ0) is 19.2. The van der Waals surface area contributed by atoms with Gasteiger partial charge < -0.3 is 24.4 Å². The fraction of sp³-hybridized carbons (Fsp3) is 0.400. The van der Waals surface area contributed by atoms with Crippen molar-refractivity contribution < 1.29 is 19.0 Å². The van der Waals surface area contributed by atoms with E-state index in [0.717, 1.165) is 31.6 Å². The van der Waals surface area contributed by atoms with Gasteiger partial charge in [0.05, 0.1) is 26.9 Å². The van der Waals surface area contributed by atoms with Crippen LogP contribution in [-0.2, 0) is 0 Å². The van der Waals surface area contributed by atoms with E-state index in [0.29, 0.717) is 28.6 Å². The van der Waals surface area contributed by atoms with Crippen molar-refractivity contribution in [2.45, 2.75) is 19.3 Å². The lowest BCUT2D eigenvalue weighted by atomic mass is 10.1. The van der Waals surface area contributed by atoms with Gasteiger partial charge in [0.15, 0.2) is 11.5 Å². The third-order valence-corrected chi connectivity index (χ3v) is 4.59. The highest BCUT2D eigenvalue weighted by atomic mass is 16.5. The Bertz CT molecular complexity index is 761. The molecule has 1 aromatic carbocycles. The van der Waals surface area contributed by atoms with Gasteiger partial charge in [-0.2, -0.15) is 0 Å². The predicted molar refractivity (Wildman–Crippen MR) is 103 cm³/mol. The molecule has 0 unspecified atom stereocenters. The fourth-order valence-corrected chi connectivity index (χ4v) is 3.18. The number of nitrogens with one attached hydrogen (secondary N) is 1. The zero-order valence-electron chi connectivity index (χ0n) is 15.9. The average molecular weight is 371 g/mol. The third-order valence-electron chi connectivity index (χ3n) is 4.59. The molecular formula is C20H25N3O4. The van der Waals surface area contributed by atoms with Crippen molar-refractivity contribution in [2.75, 3.05) is 39.7 Å². The molecule has 1 saturated heterocycles. The summed E-state index contributed by atoms with van der Waals surface area (Å²) in [6.45, 7) is 1.65. The maximum absolute atomic E-state index is 12.5. The molecule has 7 heteroatoms. The first-order valence-electron chi connectivity index (χ1n) is 8.98. The number of hydrogen-bond acceptors (Lipinski definition) is 6. The first-order chi connectivity index (χ1) is 13.2. The molecule has 0 atom stereocenters. The number of carbonyl (C=O) groups excluding carboxylic acids is 1. The molecule has 1 N–H and O–H groups in total. The maximum atomic E-state index is 12.5. The van der Waals surface area contributed by atoms with Crippen LogP contribution in [0, 0.1) is 0 Å². The number of anilines is 2. The molecule has 0 spiro atoms. The quantitative estimate of drug-likeness (QED) is 0.838. The Kier molecular flexibility index (Phi) is 6.01. The van der Waals surface area contributed by atoms with Gasteiger partial charge in [0.1, 0.15) is 5.82 Å². The summed E-state index contributed by atoms with van der Waals surface area (Å²) in [5.41, 5.74) is 1.35. The zero-order valence-corrected chi connectivity index (χ0v) is 15.9. The van der Waals surface area contributed by atoms with Crippen LogP contribution in [0.4, 0.5) is 11.5 Å². The Morgan fingerprint density at radius 2 is 1.67 bits per heavy atom. The van der Waals surface area contributed by atoms with Crippen LogP contribution < -0.4 is 19.5 Å². The molecule has 1 aliphatic heterocycles. The van der Waals surface area contributed by atoms with Crippen LogP contribution >= 0.6 is 0 Å². The molecule has 1 fully saturated rings. The van der Waals surface area contributed by atoms with Crippen LogP contribution in [0.3, 0.4) is 0 Å². The van der Waals surface area contributed by atoms with Gasteiger partial charge >= 0.3 is 0 Å². The number of ether oxygens (including phenoxy) is 3. The van der Waals surface area contributed by atoms with Crippen LogP contribution in [-0.4, -0.2) is 50.2 Å². The Labute approximate surface area is 159 Å². The van der Waals surface area contributed by atoms with Crippen LogP contribution in [0.15, 0.2) is 30.5 Å². The number of pyridine rings is 1. The summed E-state index contributed by atoms with van der Waals surface area (Å²) in [6, 6.07) is 7.19. The second-order valence-corrected chi connectivity index (χ2v) is 6.32. The van der Waals surface area contributed by atoms with Gasteiger partial charge in [-0.1, -0.05) is 0 Å². The van der Waals surface area contributed by atoms with Crippen molar-refractivity contribution in [3.8, 4) is 17.2 Å². The molecule has 2 heterocycles. The third kappa shape index (κ3) is 4.24. The van der Waals surface area contributed by atoms with Crippen molar-refractivity contribution in [2.24, 2.45) is 0 Å². The Morgan fingerprint density at radius 3 is 2.19 bits per heavy atom. The van der Waals surface area contributed by atoms with Gasteiger partial charge in [-0.15, -0.1) is 0 Å². The maximum Gasteiger partial charge on any atom is 0.255 e. The van der Waals surface area contributed by atoms with Crippen LogP contribution in [0.5, 0.6) is 17.2 Å². The van der Waals surface area contributed by atoms with E-state index in [9.17, 15) is 4.79 Å². The molecule has 0 bridgehead atoms. The lowest BCUT2D eigenvalue weighted by Gasteiger charge is -2.26. The Morgan fingerprint density at radius 1 is 1.00 bits per heavy atom. The molecule has 0 saturated carbocycles. The molecule has 144 valence electrons. The molecular weight excluding hydrogens is 346 g/mol. The highest BCUT2D eigenvalue weighted by Gasteiger charge is 2.18. The summed E-state index contributed by atoms with van der Waals surface area (Å²) >= 11 is 0. The van der Waals surface area contributed by atoms with Gasteiger partial charge in [-0.3, -0.25) is 4.79 Å². The van der Waals surface area contributed by atoms with E-state index in [2.05, 4.69) is 10.3 Å². The highest BCUT2D eigenvalue weighted by Crippen LogP contribution is 2.40. The minimum atomic E-state index is 0.0431.